The number of nitrogen functional groups attached to an aromatic ring is 1. The molecule has 1 aliphatic rings. The molecule has 1 saturated heterocycles. The summed E-state index contributed by atoms with van der Waals surface area (Å²) in [5.41, 5.74) is 4.59. The lowest BCUT2D eigenvalue weighted by Crippen LogP contribution is -2.55. The van der Waals surface area contributed by atoms with Gasteiger partial charge in [-0.05, 0) is 12.1 Å². The largest absolute Gasteiger partial charge is 0.488 e. The van der Waals surface area contributed by atoms with Gasteiger partial charge in [-0.25, -0.2) is 0 Å². The topological polar surface area (TPSA) is 55.6 Å². The van der Waals surface area contributed by atoms with Gasteiger partial charge in [-0.3, -0.25) is 0 Å². The summed E-state index contributed by atoms with van der Waals surface area (Å²) in [5, 5.41) is 0. The summed E-state index contributed by atoms with van der Waals surface area (Å²) in [6.45, 7) is 0.934. The second-order valence-corrected chi connectivity index (χ2v) is 4.27. The molecular formula is C11H11BF3N2O2. The van der Waals surface area contributed by atoms with E-state index < -0.39 is 11.7 Å². The van der Waals surface area contributed by atoms with Crippen LogP contribution in [0.3, 0.4) is 0 Å². The first-order valence-corrected chi connectivity index (χ1v) is 5.55. The second-order valence-electron chi connectivity index (χ2n) is 4.27. The van der Waals surface area contributed by atoms with Crippen LogP contribution < -0.4 is 10.5 Å². The third-order valence-electron chi connectivity index (χ3n) is 2.71. The number of benzene rings is 1. The molecule has 1 aromatic rings. The monoisotopic (exact) mass is 271 g/mol. The Morgan fingerprint density at radius 2 is 2.05 bits per heavy atom. The minimum atomic E-state index is -4.45. The van der Waals surface area contributed by atoms with Crippen LogP contribution in [0.4, 0.5) is 18.9 Å². The fourth-order valence-electron chi connectivity index (χ4n) is 1.80. The van der Waals surface area contributed by atoms with Crippen molar-refractivity contribution in [1.82, 2.24) is 4.81 Å². The van der Waals surface area contributed by atoms with Gasteiger partial charge in [-0.1, -0.05) is 0 Å². The van der Waals surface area contributed by atoms with Crippen LogP contribution in [0.5, 0.6) is 5.75 Å². The van der Waals surface area contributed by atoms with Crippen molar-refractivity contribution in [3.05, 3.63) is 23.8 Å². The maximum absolute atomic E-state index is 12.6. The highest BCUT2D eigenvalue weighted by Gasteiger charge is 2.32. The first-order valence-electron chi connectivity index (χ1n) is 5.55. The lowest BCUT2D eigenvalue weighted by molar-refractivity contribution is -0.137. The van der Waals surface area contributed by atoms with E-state index in [0.717, 1.165) is 12.1 Å². The molecule has 19 heavy (non-hydrogen) atoms. The molecule has 1 aromatic carbocycles. The van der Waals surface area contributed by atoms with Gasteiger partial charge in [0.1, 0.15) is 11.9 Å². The average molecular weight is 271 g/mol. The number of nitrogens with zero attached hydrogens (tertiary/aromatic N) is 1. The number of ether oxygens (including phenoxy) is 1. The molecule has 0 saturated carbocycles. The minimum Gasteiger partial charge on any atom is -0.488 e. The van der Waals surface area contributed by atoms with E-state index in [4.69, 9.17) is 10.5 Å². The minimum absolute atomic E-state index is 0.000425. The van der Waals surface area contributed by atoms with Crippen molar-refractivity contribution in [2.45, 2.75) is 12.3 Å². The number of rotatable bonds is 4. The van der Waals surface area contributed by atoms with Crippen LogP contribution in [0.25, 0.3) is 0 Å². The van der Waals surface area contributed by atoms with E-state index in [9.17, 15) is 18.0 Å². The molecule has 0 amide bonds. The van der Waals surface area contributed by atoms with Crippen molar-refractivity contribution in [3.63, 3.8) is 0 Å². The van der Waals surface area contributed by atoms with Crippen LogP contribution >= 0.6 is 0 Å². The normalized spacial score (nSPS) is 16.8. The average Bonchev–Trinajstić information content (AvgIpc) is 2.24. The zero-order chi connectivity index (χ0) is 14.0. The molecule has 0 aliphatic carbocycles. The molecule has 0 atom stereocenters. The Morgan fingerprint density at radius 3 is 2.63 bits per heavy atom. The van der Waals surface area contributed by atoms with Crippen molar-refractivity contribution in [1.29, 1.82) is 0 Å². The van der Waals surface area contributed by atoms with Crippen molar-refractivity contribution in [3.8, 4) is 5.75 Å². The van der Waals surface area contributed by atoms with Gasteiger partial charge in [0.15, 0.2) is 0 Å². The van der Waals surface area contributed by atoms with Crippen molar-refractivity contribution in [2.75, 3.05) is 18.8 Å². The number of halogens is 3. The SMILES string of the molecule is Nc1cc(OC2CN([B]C=O)C2)cc(C(F)(F)F)c1. The summed E-state index contributed by atoms with van der Waals surface area (Å²) in [6.07, 6.45) is -4.04. The fraction of sp³-hybridized carbons (Fsp3) is 0.364. The van der Waals surface area contributed by atoms with Gasteiger partial charge in [-0.2, -0.15) is 13.2 Å². The van der Waals surface area contributed by atoms with Gasteiger partial charge in [0.25, 0.3) is 7.41 Å². The highest BCUT2D eigenvalue weighted by atomic mass is 19.4. The third kappa shape index (κ3) is 3.40. The molecule has 1 radical (unpaired) electrons. The van der Waals surface area contributed by atoms with E-state index in [1.54, 1.807) is 4.81 Å². The Labute approximate surface area is 108 Å². The van der Waals surface area contributed by atoms with Crippen molar-refractivity contribution < 1.29 is 22.7 Å². The van der Waals surface area contributed by atoms with E-state index in [-0.39, 0.29) is 17.5 Å². The molecule has 2 rings (SSSR count). The predicted molar refractivity (Wildman–Crippen MR) is 64.3 cm³/mol. The molecule has 0 bridgehead atoms. The molecule has 1 aliphatic heterocycles. The fourth-order valence-corrected chi connectivity index (χ4v) is 1.80. The van der Waals surface area contributed by atoms with E-state index in [0.29, 0.717) is 19.3 Å². The Kier molecular flexibility index (Phi) is 3.70. The number of anilines is 1. The smallest absolute Gasteiger partial charge is 0.416 e. The number of alkyl halides is 3. The standard InChI is InChI=1S/C11H11BF3N2O2/c13-11(14,15)7-1-8(16)3-9(2-7)19-10-4-17(5-10)12-6-18/h1-3,6,10H,4-5,16H2. The Balaban J connectivity index is 2.02. The molecule has 2 N–H and O–H groups in total. The van der Waals surface area contributed by atoms with Gasteiger partial charge in [0, 0.05) is 24.8 Å². The summed E-state index contributed by atoms with van der Waals surface area (Å²) in [6, 6.07) is 3.13. The molecule has 0 aromatic heterocycles. The van der Waals surface area contributed by atoms with E-state index >= 15 is 0 Å². The Hall–Kier alpha value is -1.70. The van der Waals surface area contributed by atoms with Crippen LogP contribution in [0.1, 0.15) is 5.56 Å². The first-order chi connectivity index (χ1) is 8.88. The number of nitrogens with two attached hydrogens (primary N) is 1. The van der Waals surface area contributed by atoms with E-state index in [1.165, 1.54) is 13.5 Å². The lowest BCUT2D eigenvalue weighted by atomic mass is 9.89. The molecule has 4 nitrogen and oxygen atoms in total. The lowest BCUT2D eigenvalue weighted by Gasteiger charge is -2.38. The molecule has 0 spiro atoms. The van der Waals surface area contributed by atoms with Gasteiger partial charge in [-0.15, -0.1) is 0 Å². The Bertz CT molecular complexity index is 475. The molecule has 101 valence electrons. The van der Waals surface area contributed by atoms with Crippen LogP contribution in [0, 0.1) is 0 Å². The van der Waals surface area contributed by atoms with E-state index in [2.05, 4.69) is 0 Å². The van der Waals surface area contributed by atoms with Crippen LogP contribution in [0.15, 0.2) is 18.2 Å². The van der Waals surface area contributed by atoms with Crippen LogP contribution in [0.2, 0.25) is 0 Å². The maximum atomic E-state index is 12.6. The number of hydrogen-bond donors (Lipinski definition) is 1. The molecule has 0 unspecified atom stereocenters. The maximum Gasteiger partial charge on any atom is 0.416 e. The second kappa shape index (κ2) is 5.12. The van der Waals surface area contributed by atoms with Gasteiger partial charge in [0.2, 0.25) is 0 Å². The number of hydrogen-bond acceptors (Lipinski definition) is 4. The quantitative estimate of drug-likeness (QED) is 0.507. The summed E-state index contributed by atoms with van der Waals surface area (Å²) >= 11 is 0. The van der Waals surface area contributed by atoms with Gasteiger partial charge in [0.05, 0.1) is 11.7 Å². The van der Waals surface area contributed by atoms with Crippen LogP contribution in [-0.4, -0.2) is 37.6 Å². The third-order valence-corrected chi connectivity index (χ3v) is 2.71. The van der Waals surface area contributed by atoms with E-state index in [1.807, 2.05) is 0 Å². The van der Waals surface area contributed by atoms with Crippen molar-refractivity contribution >= 4 is 19.3 Å². The molecule has 8 heteroatoms. The van der Waals surface area contributed by atoms with Crippen molar-refractivity contribution in [2.24, 2.45) is 0 Å². The zero-order valence-corrected chi connectivity index (χ0v) is 9.85. The van der Waals surface area contributed by atoms with Gasteiger partial charge < -0.3 is 20.1 Å². The Morgan fingerprint density at radius 1 is 1.37 bits per heavy atom. The zero-order valence-electron chi connectivity index (χ0n) is 9.85. The van der Waals surface area contributed by atoms with Crippen LogP contribution in [-0.2, 0) is 11.0 Å². The first kappa shape index (κ1) is 13.7. The molecule has 1 heterocycles. The summed E-state index contributed by atoms with van der Waals surface area (Å²) in [7, 11) is 1.36. The number of carbonyl (C=O) groups excluding carboxylic acids is 1. The molecule has 1 fully saturated rings. The molecular weight excluding hydrogens is 260 g/mol. The van der Waals surface area contributed by atoms with Gasteiger partial charge >= 0.3 is 6.18 Å². The highest BCUT2D eigenvalue weighted by molar-refractivity contribution is 6.64. The summed E-state index contributed by atoms with van der Waals surface area (Å²) in [4.78, 5) is 11.9. The highest BCUT2D eigenvalue weighted by Crippen LogP contribution is 2.34. The number of carbonyl (C=O) groups is 1. The summed E-state index contributed by atoms with van der Waals surface area (Å²) in [5.74, 6) is 0.0862. The summed E-state index contributed by atoms with van der Waals surface area (Å²) < 4.78 is 43.1. The predicted octanol–water partition coefficient (Wildman–Crippen LogP) is 1.16.